The second-order valence-electron chi connectivity index (χ2n) is 4.80. The highest BCUT2D eigenvalue weighted by molar-refractivity contribution is 5.36. The van der Waals surface area contributed by atoms with Gasteiger partial charge < -0.3 is 5.73 Å². The first kappa shape index (κ1) is 15.5. The van der Waals surface area contributed by atoms with Gasteiger partial charge in [0.2, 0.25) is 0 Å². The van der Waals surface area contributed by atoms with Gasteiger partial charge in [0.05, 0.1) is 0 Å². The lowest BCUT2D eigenvalue weighted by Gasteiger charge is -2.10. The first-order valence-electron chi connectivity index (χ1n) is 6.48. The number of nitrogens with zero attached hydrogens (tertiary/aromatic N) is 2. The molecule has 0 radical (unpaired) electrons. The van der Waals surface area contributed by atoms with Gasteiger partial charge in [-0.15, -0.1) is 0 Å². The summed E-state index contributed by atoms with van der Waals surface area (Å²) in [6.07, 6.45) is -2.19. The molecule has 7 heteroatoms. The molecule has 2 N–H and O–H groups in total. The van der Waals surface area contributed by atoms with Crippen LogP contribution in [0.4, 0.5) is 17.6 Å². The van der Waals surface area contributed by atoms with E-state index in [0.29, 0.717) is 12.0 Å². The molecule has 0 amide bonds. The smallest absolute Gasteiger partial charge is 0.327 e. The molecule has 0 saturated carbocycles. The topological polar surface area (TPSA) is 43.8 Å². The Morgan fingerprint density at radius 3 is 2.52 bits per heavy atom. The Labute approximate surface area is 119 Å². The summed E-state index contributed by atoms with van der Waals surface area (Å²) in [7, 11) is 0. The zero-order valence-electron chi connectivity index (χ0n) is 11.4. The molecule has 0 fully saturated rings. The standard InChI is InChI=1S/C14H15F4N3/c1-2-10(19)7-9-3-4-12(11(15)8-9)21-6-5-13(20-21)14(16,17)18/h3-6,8,10H,2,7,19H2,1H3. The van der Waals surface area contributed by atoms with Crippen molar-refractivity contribution in [2.45, 2.75) is 32.0 Å². The minimum atomic E-state index is -4.55. The molecule has 3 nitrogen and oxygen atoms in total. The number of rotatable bonds is 4. The molecule has 2 rings (SSSR count). The summed E-state index contributed by atoms with van der Waals surface area (Å²) in [4.78, 5) is 0. The fourth-order valence-electron chi connectivity index (χ4n) is 1.92. The van der Waals surface area contributed by atoms with Crippen LogP contribution in [0.15, 0.2) is 30.5 Å². The monoisotopic (exact) mass is 301 g/mol. The summed E-state index contributed by atoms with van der Waals surface area (Å²) in [6.45, 7) is 1.93. The van der Waals surface area contributed by atoms with E-state index in [2.05, 4.69) is 5.10 Å². The molecule has 0 aliphatic rings. The van der Waals surface area contributed by atoms with E-state index >= 15 is 0 Å². The van der Waals surface area contributed by atoms with Crippen LogP contribution < -0.4 is 5.73 Å². The van der Waals surface area contributed by atoms with Gasteiger partial charge in [0.15, 0.2) is 5.69 Å². The van der Waals surface area contributed by atoms with Gasteiger partial charge >= 0.3 is 6.18 Å². The molecule has 1 unspecified atom stereocenters. The third-order valence-corrected chi connectivity index (χ3v) is 3.16. The molecule has 0 saturated heterocycles. The molecule has 1 aromatic heterocycles. The number of halogens is 4. The summed E-state index contributed by atoms with van der Waals surface area (Å²) < 4.78 is 52.3. The van der Waals surface area contributed by atoms with Crippen molar-refractivity contribution in [1.82, 2.24) is 9.78 Å². The van der Waals surface area contributed by atoms with Crippen molar-refractivity contribution in [1.29, 1.82) is 0 Å². The van der Waals surface area contributed by atoms with E-state index in [4.69, 9.17) is 5.73 Å². The molecule has 0 bridgehead atoms. The van der Waals surface area contributed by atoms with Crippen molar-refractivity contribution < 1.29 is 17.6 Å². The molecule has 1 atom stereocenters. The number of hydrogen-bond donors (Lipinski definition) is 1. The quantitative estimate of drug-likeness (QED) is 0.881. The van der Waals surface area contributed by atoms with Gasteiger partial charge in [-0.25, -0.2) is 9.07 Å². The average molecular weight is 301 g/mol. The highest BCUT2D eigenvalue weighted by Crippen LogP contribution is 2.28. The van der Waals surface area contributed by atoms with E-state index in [9.17, 15) is 17.6 Å². The Morgan fingerprint density at radius 2 is 2.00 bits per heavy atom. The number of aromatic nitrogens is 2. The molecule has 0 aliphatic carbocycles. The normalized spacial score (nSPS) is 13.4. The van der Waals surface area contributed by atoms with Crippen LogP contribution >= 0.6 is 0 Å². The van der Waals surface area contributed by atoms with Gasteiger partial charge in [-0.3, -0.25) is 0 Å². The van der Waals surface area contributed by atoms with Crippen LogP contribution in [0, 0.1) is 5.82 Å². The Morgan fingerprint density at radius 1 is 1.29 bits per heavy atom. The van der Waals surface area contributed by atoms with Crippen LogP contribution in [0.3, 0.4) is 0 Å². The summed E-state index contributed by atoms with van der Waals surface area (Å²) in [5.41, 5.74) is 5.41. The first-order valence-corrected chi connectivity index (χ1v) is 6.48. The van der Waals surface area contributed by atoms with Crippen molar-refractivity contribution in [2.75, 3.05) is 0 Å². The third kappa shape index (κ3) is 3.60. The largest absolute Gasteiger partial charge is 0.435 e. The lowest BCUT2D eigenvalue weighted by molar-refractivity contribution is -0.141. The number of nitrogens with two attached hydrogens (primary N) is 1. The van der Waals surface area contributed by atoms with Gasteiger partial charge in [0.1, 0.15) is 11.5 Å². The lowest BCUT2D eigenvalue weighted by atomic mass is 10.0. The van der Waals surface area contributed by atoms with Crippen LogP contribution in [0.5, 0.6) is 0 Å². The molecule has 2 aromatic rings. The van der Waals surface area contributed by atoms with Gasteiger partial charge in [-0.1, -0.05) is 13.0 Å². The fraction of sp³-hybridized carbons (Fsp3) is 0.357. The molecular formula is C14H15F4N3. The van der Waals surface area contributed by atoms with Gasteiger partial charge in [0, 0.05) is 12.2 Å². The lowest BCUT2D eigenvalue weighted by Crippen LogP contribution is -2.21. The Hall–Kier alpha value is -1.89. The zero-order valence-corrected chi connectivity index (χ0v) is 11.4. The highest BCUT2D eigenvalue weighted by atomic mass is 19.4. The SMILES string of the molecule is CCC(N)Cc1ccc(-n2ccc(C(F)(F)F)n2)c(F)c1. The minimum absolute atomic E-state index is 0.0284. The maximum Gasteiger partial charge on any atom is 0.435 e. The predicted molar refractivity (Wildman–Crippen MR) is 70.5 cm³/mol. The molecule has 0 spiro atoms. The van der Waals surface area contributed by atoms with E-state index in [-0.39, 0.29) is 11.7 Å². The van der Waals surface area contributed by atoms with E-state index in [1.165, 1.54) is 12.1 Å². The Balaban J connectivity index is 2.27. The molecule has 1 heterocycles. The maximum absolute atomic E-state index is 14.0. The Kier molecular flexibility index (Phi) is 4.32. The van der Waals surface area contributed by atoms with Gasteiger partial charge in [-0.2, -0.15) is 18.3 Å². The molecule has 1 aromatic carbocycles. The van der Waals surface area contributed by atoms with E-state index in [0.717, 1.165) is 23.4 Å². The minimum Gasteiger partial charge on any atom is -0.327 e. The highest BCUT2D eigenvalue weighted by Gasteiger charge is 2.33. The van der Waals surface area contributed by atoms with Crippen LogP contribution in [0.2, 0.25) is 0 Å². The van der Waals surface area contributed by atoms with Crippen molar-refractivity contribution in [3.8, 4) is 5.69 Å². The Bertz CT molecular complexity index is 619. The molecular weight excluding hydrogens is 286 g/mol. The van der Waals surface area contributed by atoms with Crippen molar-refractivity contribution in [3.63, 3.8) is 0 Å². The summed E-state index contributed by atoms with van der Waals surface area (Å²) in [5, 5.41) is 3.35. The molecule has 0 aliphatic heterocycles. The zero-order chi connectivity index (χ0) is 15.6. The average Bonchev–Trinajstić information content (AvgIpc) is 2.88. The summed E-state index contributed by atoms with van der Waals surface area (Å²) >= 11 is 0. The van der Waals surface area contributed by atoms with E-state index < -0.39 is 17.7 Å². The fourth-order valence-corrected chi connectivity index (χ4v) is 1.92. The van der Waals surface area contributed by atoms with Crippen LogP contribution in [-0.4, -0.2) is 15.8 Å². The predicted octanol–water partition coefficient (Wildman–Crippen LogP) is 3.31. The van der Waals surface area contributed by atoms with Crippen molar-refractivity contribution >= 4 is 0 Å². The van der Waals surface area contributed by atoms with E-state index in [1.807, 2.05) is 6.92 Å². The van der Waals surface area contributed by atoms with Crippen molar-refractivity contribution in [3.05, 3.63) is 47.5 Å². The van der Waals surface area contributed by atoms with Gasteiger partial charge in [-0.05, 0) is 36.6 Å². The second-order valence-corrected chi connectivity index (χ2v) is 4.80. The third-order valence-electron chi connectivity index (χ3n) is 3.16. The molecule has 114 valence electrons. The maximum atomic E-state index is 14.0. The number of benzene rings is 1. The van der Waals surface area contributed by atoms with Crippen LogP contribution in [0.1, 0.15) is 24.6 Å². The summed E-state index contributed by atoms with van der Waals surface area (Å²) in [5.74, 6) is -0.632. The van der Waals surface area contributed by atoms with Crippen molar-refractivity contribution in [2.24, 2.45) is 5.73 Å². The second kappa shape index (κ2) is 5.85. The number of alkyl halides is 3. The first-order chi connectivity index (χ1) is 9.81. The van der Waals surface area contributed by atoms with Crippen LogP contribution in [-0.2, 0) is 12.6 Å². The van der Waals surface area contributed by atoms with Gasteiger partial charge in [0.25, 0.3) is 0 Å². The molecule has 21 heavy (non-hydrogen) atoms. The number of hydrogen-bond acceptors (Lipinski definition) is 2. The van der Waals surface area contributed by atoms with E-state index in [1.54, 1.807) is 6.07 Å². The summed E-state index contributed by atoms with van der Waals surface area (Å²) in [6, 6.07) is 5.06. The van der Waals surface area contributed by atoms with Crippen LogP contribution in [0.25, 0.3) is 5.69 Å².